The molecule has 0 saturated carbocycles. The first-order valence-corrected chi connectivity index (χ1v) is 2.62. The molecule has 0 spiro atoms. The van der Waals surface area contributed by atoms with Gasteiger partial charge in [0.25, 0.3) is 0 Å². The Kier molecular flexibility index (Phi) is 2.65. The van der Waals surface area contributed by atoms with E-state index in [9.17, 15) is 10.1 Å². The van der Waals surface area contributed by atoms with Crippen molar-refractivity contribution in [3.63, 3.8) is 0 Å². The van der Waals surface area contributed by atoms with Gasteiger partial charge in [0.1, 0.15) is 5.92 Å². The predicted molar refractivity (Wildman–Crippen MR) is 31.2 cm³/mol. The quantitative estimate of drug-likeness (QED) is 0.408. The Morgan fingerprint density at radius 3 is 2.22 bits per heavy atom. The molecule has 4 heteroatoms. The first-order valence-electron chi connectivity index (χ1n) is 2.62. The zero-order valence-electron chi connectivity index (χ0n) is 5.37. The van der Waals surface area contributed by atoms with Gasteiger partial charge in [0.2, 0.25) is 6.04 Å². The summed E-state index contributed by atoms with van der Waals surface area (Å²) < 4.78 is 0. The van der Waals surface area contributed by atoms with Gasteiger partial charge in [-0.3, -0.25) is 10.1 Å². The fourth-order valence-electron chi connectivity index (χ4n) is 0.290. The summed E-state index contributed by atoms with van der Waals surface area (Å²) in [5, 5.41) is 18.2. The van der Waals surface area contributed by atoms with E-state index in [1.807, 2.05) is 0 Å². The fraction of sp³-hybridized carbons (Fsp3) is 0.800. The molecule has 0 fully saturated rings. The maximum Gasteiger partial charge on any atom is 0.225 e. The monoisotopic (exact) mass is 128 g/mol. The van der Waals surface area contributed by atoms with Crippen molar-refractivity contribution in [2.45, 2.75) is 19.9 Å². The smallest absolute Gasteiger partial charge is 0.225 e. The molecule has 0 bridgehead atoms. The Morgan fingerprint density at radius 2 is 2.11 bits per heavy atom. The molecule has 0 heterocycles. The van der Waals surface area contributed by atoms with Crippen LogP contribution in [-0.4, -0.2) is 11.0 Å². The second kappa shape index (κ2) is 3.02. The lowest BCUT2D eigenvalue weighted by atomic mass is 10.1. The van der Waals surface area contributed by atoms with Gasteiger partial charge in [0.05, 0.1) is 6.07 Å². The molecule has 0 aromatic rings. The van der Waals surface area contributed by atoms with Gasteiger partial charge in [-0.05, 0) is 6.92 Å². The Hall–Kier alpha value is -1.11. The number of hydrogen-bond donors (Lipinski definition) is 0. The van der Waals surface area contributed by atoms with Crippen molar-refractivity contribution in [1.29, 1.82) is 5.26 Å². The van der Waals surface area contributed by atoms with Crippen molar-refractivity contribution in [3.8, 4) is 6.07 Å². The van der Waals surface area contributed by atoms with E-state index >= 15 is 0 Å². The highest BCUT2D eigenvalue weighted by Gasteiger charge is 2.20. The minimum absolute atomic E-state index is 0.451. The van der Waals surface area contributed by atoms with Crippen molar-refractivity contribution >= 4 is 0 Å². The molecule has 50 valence electrons. The summed E-state index contributed by atoms with van der Waals surface area (Å²) in [5.41, 5.74) is 0. The largest absolute Gasteiger partial charge is 0.264 e. The van der Waals surface area contributed by atoms with Gasteiger partial charge in [0, 0.05) is 11.8 Å². The maximum atomic E-state index is 9.95. The Labute approximate surface area is 53.2 Å². The molecule has 0 aromatic carbocycles. The molecule has 0 amide bonds. The third-order valence-corrected chi connectivity index (χ3v) is 1.26. The Balaban J connectivity index is 3.91. The fourth-order valence-corrected chi connectivity index (χ4v) is 0.290. The van der Waals surface area contributed by atoms with E-state index in [1.54, 1.807) is 6.07 Å². The molecule has 0 aliphatic rings. The topological polar surface area (TPSA) is 66.9 Å². The van der Waals surface area contributed by atoms with Crippen LogP contribution in [0.25, 0.3) is 0 Å². The molecule has 0 aliphatic heterocycles. The average molecular weight is 128 g/mol. The summed E-state index contributed by atoms with van der Waals surface area (Å²) in [5.74, 6) is -0.500. The predicted octanol–water partition coefficient (Wildman–Crippen LogP) is 0.811. The van der Waals surface area contributed by atoms with Crippen LogP contribution in [0.4, 0.5) is 0 Å². The lowest BCUT2D eigenvalue weighted by Gasteiger charge is -2.02. The molecule has 0 aromatic heterocycles. The summed E-state index contributed by atoms with van der Waals surface area (Å²) in [4.78, 5) is 9.50. The number of nitro groups is 1. The molecule has 0 radical (unpaired) electrons. The number of nitrogens with zero attached hydrogens (tertiary/aromatic N) is 2. The van der Waals surface area contributed by atoms with Gasteiger partial charge in [0.15, 0.2) is 0 Å². The molecule has 9 heavy (non-hydrogen) atoms. The van der Waals surface area contributed by atoms with Crippen LogP contribution in [0.1, 0.15) is 13.8 Å². The van der Waals surface area contributed by atoms with Gasteiger partial charge in [-0.1, -0.05) is 0 Å². The van der Waals surface area contributed by atoms with Crippen LogP contribution in [-0.2, 0) is 0 Å². The summed E-state index contributed by atoms with van der Waals surface area (Å²) in [6, 6.07) is 1.05. The van der Waals surface area contributed by atoms with E-state index in [2.05, 4.69) is 0 Å². The van der Waals surface area contributed by atoms with Crippen LogP contribution in [0, 0.1) is 27.4 Å². The summed E-state index contributed by atoms with van der Waals surface area (Å²) in [7, 11) is 0. The standard InChI is InChI=1S/C5H8N2O2/c1-4(3-6)5(2)7(8)9/h4-5H,1-2H3. The summed E-state index contributed by atoms with van der Waals surface area (Å²) in [6.45, 7) is 2.96. The number of hydrogen-bond acceptors (Lipinski definition) is 3. The van der Waals surface area contributed by atoms with E-state index in [4.69, 9.17) is 5.26 Å². The molecule has 4 nitrogen and oxygen atoms in total. The molecule has 2 unspecified atom stereocenters. The molecular weight excluding hydrogens is 120 g/mol. The zero-order chi connectivity index (χ0) is 7.44. The van der Waals surface area contributed by atoms with Crippen LogP contribution >= 0.6 is 0 Å². The third kappa shape index (κ3) is 2.08. The van der Waals surface area contributed by atoms with Crippen molar-refractivity contribution in [2.24, 2.45) is 5.92 Å². The highest BCUT2D eigenvalue weighted by molar-refractivity contribution is 4.82. The van der Waals surface area contributed by atoms with Gasteiger partial charge >= 0.3 is 0 Å². The lowest BCUT2D eigenvalue weighted by Crippen LogP contribution is -2.22. The number of rotatable bonds is 2. The van der Waals surface area contributed by atoms with E-state index < -0.39 is 16.9 Å². The first-order chi connectivity index (χ1) is 4.09. The maximum absolute atomic E-state index is 9.95. The molecule has 0 N–H and O–H groups in total. The molecule has 0 rings (SSSR count). The van der Waals surface area contributed by atoms with Crippen LogP contribution < -0.4 is 0 Å². The van der Waals surface area contributed by atoms with Crippen LogP contribution in [0.2, 0.25) is 0 Å². The lowest BCUT2D eigenvalue weighted by molar-refractivity contribution is -0.523. The Bertz CT molecular complexity index is 150. The van der Waals surface area contributed by atoms with E-state index in [0.717, 1.165) is 0 Å². The van der Waals surface area contributed by atoms with E-state index in [-0.39, 0.29) is 0 Å². The normalized spacial score (nSPS) is 15.7. The average Bonchev–Trinajstić information content (AvgIpc) is 1.84. The highest BCUT2D eigenvalue weighted by Crippen LogP contribution is 2.02. The minimum Gasteiger partial charge on any atom is -0.264 e. The first kappa shape index (κ1) is 7.89. The van der Waals surface area contributed by atoms with Gasteiger partial charge < -0.3 is 0 Å². The minimum atomic E-state index is -0.755. The van der Waals surface area contributed by atoms with E-state index in [0.29, 0.717) is 0 Å². The second-order valence-electron chi connectivity index (χ2n) is 1.94. The van der Waals surface area contributed by atoms with Crippen LogP contribution in [0.5, 0.6) is 0 Å². The molecule has 2 atom stereocenters. The molecular formula is C5H8N2O2. The van der Waals surface area contributed by atoms with E-state index in [1.165, 1.54) is 13.8 Å². The van der Waals surface area contributed by atoms with Crippen molar-refractivity contribution in [1.82, 2.24) is 0 Å². The second-order valence-corrected chi connectivity index (χ2v) is 1.94. The molecule has 0 saturated heterocycles. The summed E-state index contributed by atoms with van der Waals surface area (Å²) >= 11 is 0. The van der Waals surface area contributed by atoms with Crippen molar-refractivity contribution in [2.75, 3.05) is 0 Å². The van der Waals surface area contributed by atoms with Gasteiger partial charge in [-0.15, -0.1) is 0 Å². The third-order valence-electron chi connectivity index (χ3n) is 1.26. The Morgan fingerprint density at radius 1 is 1.67 bits per heavy atom. The zero-order valence-corrected chi connectivity index (χ0v) is 5.37. The number of nitriles is 1. The highest BCUT2D eigenvalue weighted by atomic mass is 16.6. The van der Waals surface area contributed by atoms with Gasteiger partial charge in [-0.25, -0.2) is 0 Å². The summed E-state index contributed by atoms with van der Waals surface area (Å²) in [6.07, 6.45) is 0. The van der Waals surface area contributed by atoms with Crippen LogP contribution in [0.3, 0.4) is 0 Å². The van der Waals surface area contributed by atoms with Crippen molar-refractivity contribution in [3.05, 3.63) is 10.1 Å². The molecule has 0 aliphatic carbocycles. The van der Waals surface area contributed by atoms with Crippen LogP contribution in [0.15, 0.2) is 0 Å². The van der Waals surface area contributed by atoms with Crippen molar-refractivity contribution < 1.29 is 4.92 Å². The van der Waals surface area contributed by atoms with Gasteiger partial charge in [-0.2, -0.15) is 5.26 Å². The SMILES string of the molecule is CC(C#N)C(C)[N+](=O)[O-].